The first-order valence-corrected chi connectivity index (χ1v) is 17.5. The van der Waals surface area contributed by atoms with Gasteiger partial charge in [0.1, 0.15) is 22.7 Å². The fourth-order valence-corrected chi connectivity index (χ4v) is 5.85. The third-order valence-corrected chi connectivity index (χ3v) is 8.95. The van der Waals surface area contributed by atoms with Gasteiger partial charge >= 0.3 is 11.9 Å². The minimum Gasteiger partial charge on any atom is -0.451 e. The number of rotatable bonds is 20. The van der Waals surface area contributed by atoms with Gasteiger partial charge in [-0.05, 0) is 50.3 Å². The molecule has 3 N–H and O–H groups in total. The number of esters is 2. The van der Waals surface area contributed by atoms with Gasteiger partial charge in [-0.3, -0.25) is 28.8 Å². The lowest BCUT2D eigenvalue weighted by Gasteiger charge is -2.32. The number of ketones is 1. The summed E-state index contributed by atoms with van der Waals surface area (Å²) in [5.41, 5.74) is -0.297. The van der Waals surface area contributed by atoms with Gasteiger partial charge in [0, 0.05) is 27.6 Å². The van der Waals surface area contributed by atoms with Crippen molar-refractivity contribution >= 4 is 46.8 Å². The highest BCUT2D eigenvalue weighted by Crippen LogP contribution is 2.24. The molecule has 4 atom stereocenters. The molecule has 0 bridgehead atoms. The van der Waals surface area contributed by atoms with Crippen molar-refractivity contribution in [2.75, 3.05) is 27.4 Å². The number of para-hydroxylation sites is 1. The van der Waals surface area contributed by atoms with Crippen LogP contribution in [-0.4, -0.2) is 91.6 Å². The Morgan fingerprint density at radius 3 is 2.02 bits per heavy atom. The van der Waals surface area contributed by atoms with E-state index in [1.165, 1.54) is 34.3 Å². The summed E-state index contributed by atoms with van der Waals surface area (Å²) >= 11 is 1.16. The lowest BCUT2D eigenvalue weighted by Crippen LogP contribution is -2.60. The molecule has 14 nitrogen and oxygen atoms in total. The Kier molecular flexibility index (Phi) is 16.1. The Bertz CT molecular complexity index is 1700. The highest BCUT2D eigenvalue weighted by Gasteiger charge is 2.41. The number of amides is 3. The molecule has 0 aliphatic heterocycles. The molecule has 1 heterocycles. The van der Waals surface area contributed by atoms with E-state index in [0.29, 0.717) is 21.2 Å². The van der Waals surface area contributed by atoms with Crippen LogP contribution >= 0.6 is 11.3 Å². The lowest BCUT2D eigenvalue weighted by molar-refractivity contribution is -0.167. The zero-order chi connectivity index (χ0) is 38.3. The second-order valence-electron chi connectivity index (χ2n) is 12.1. The number of methoxy groups -OCH3 is 2. The minimum absolute atomic E-state index is 0.0542. The molecule has 3 rings (SSSR count). The van der Waals surface area contributed by atoms with Gasteiger partial charge in [0.25, 0.3) is 5.91 Å². The molecule has 52 heavy (non-hydrogen) atoms. The number of Topliss-reactive ketones (excluding diaryl/α,β-unsaturated/α-hetero) is 1. The van der Waals surface area contributed by atoms with Crippen LogP contribution in [0.4, 0.5) is 0 Å². The molecule has 0 aliphatic carbocycles. The molecule has 0 aliphatic rings. The molecular formula is C37H46N4O10S. The maximum absolute atomic E-state index is 14.2. The standard InChI is InChI=1S/C37H46N4O10S/c1-7-37(4,51-32(43)18-17-26-15-11-12-16-30(26)50-24(3)42)33(44)27(19-25-13-9-8-10-14-25)39-34(45)28(21-48-5)40-35(46)29(22-49-6)41-36(47)31-20-38-23(2)52-31/h8-16,20,27-29H,7,17-19,21-22H2,1-6H3,(H,39,45)(H,40,46)(H,41,47)/t27-,28-,29-,37+/m0/s1. The number of hydrogen-bond acceptors (Lipinski definition) is 12. The zero-order valence-electron chi connectivity index (χ0n) is 30.2. The van der Waals surface area contributed by atoms with Crippen molar-refractivity contribution in [3.63, 3.8) is 0 Å². The van der Waals surface area contributed by atoms with E-state index >= 15 is 0 Å². The highest BCUT2D eigenvalue weighted by atomic mass is 32.1. The molecule has 1 aromatic heterocycles. The van der Waals surface area contributed by atoms with Crippen molar-refractivity contribution in [1.82, 2.24) is 20.9 Å². The van der Waals surface area contributed by atoms with E-state index in [1.54, 1.807) is 62.4 Å². The van der Waals surface area contributed by atoms with E-state index in [-0.39, 0.29) is 38.9 Å². The van der Waals surface area contributed by atoms with Crippen LogP contribution < -0.4 is 20.7 Å². The predicted molar refractivity (Wildman–Crippen MR) is 192 cm³/mol. The normalized spacial score (nSPS) is 13.8. The number of carbonyl (C=O) groups excluding carboxylic acids is 6. The predicted octanol–water partition coefficient (Wildman–Crippen LogP) is 2.89. The average Bonchev–Trinajstić information content (AvgIpc) is 3.56. The smallest absolute Gasteiger partial charge is 0.308 e. The van der Waals surface area contributed by atoms with Crippen molar-refractivity contribution in [1.29, 1.82) is 0 Å². The van der Waals surface area contributed by atoms with Gasteiger partial charge in [-0.2, -0.15) is 0 Å². The zero-order valence-corrected chi connectivity index (χ0v) is 31.0. The third-order valence-electron chi connectivity index (χ3n) is 8.04. The maximum Gasteiger partial charge on any atom is 0.308 e. The summed E-state index contributed by atoms with van der Waals surface area (Å²) in [6.07, 6.45) is 1.62. The summed E-state index contributed by atoms with van der Waals surface area (Å²) in [5, 5.41) is 8.61. The fourth-order valence-electron chi connectivity index (χ4n) is 5.17. The Hall–Kier alpha value is -4.99. The molecule has 2 aromatic carbocycles. The number of aryl methyl sites for hydroxylation is 2. The average molecular weight is 739 g/mol. The number of hydrogen-bond donors (Lipinski definition) is 3. The second kappa shape index (κ2) is 20.2. The number of nitrogens with one attached hydrogen (secondary N) is 3. The molecule has 0 radical (unpaired) electrons. The first-order valence-electron chi connectivity index (χ1n) is 16.7. The molecule has 0 saturated heterocycles. The van der Waals surface area contributed by atoms with E-state index in [1.807, 2.05) is 6.07 Å². The van der Waals surface area contributed by atoms with E-state index < -0.39 is 59.2 Å². The lowest BCUT2D eigenvalue weighted by atomic mass is 9.88. The van der Waals surface area contributed by atoms with Crippen molar-refractivity contribution in [3.05, 3.63) is 81.8 Å². The quantitative estimate of drug-likeness (QED) is 0.114. The number of aromatic nitrogens is 1. The van der Waals surface area contributed by atoms with E-state index in [9.17, 15) is 28.8 Å². The van der Waals surface area contributed by atoms with E-state index in [0.717, 1.165) is 16.9 Å². The van der Waals surface area contributed by atoms with Crippen LogP contribution in [0.1, 0.15) is 59.4 Å². The Morgan fingerprint density at radius 2 is 1.44 bits per heavy atom. The molecule has 280 valence electrons. The highest BCUT2D eigenvalue weighted by molar-refractivity contribution is 7.13. The van der Waals surface area contributed by atoms with Gasteiger partial charge in [-0.25, -0.2) is 4.98 Å². The Morgan fingerprint density at radius 1 is 0.846 bits per heavy atom. The third kappa shape index (κ3) is 12.4. The van der Waals surface area contributed by atoms with Gasteiger partial charge in [0.15, 0.2) is 11.4 Å². The topological polar surface area (TPSA) is 188 Å². The summed E-state index contributed by atoms with van der Waals surface area (Å²) < 4.78 is 21.4. The largest absolute Gasteiger partial charge is 0.451 e. The number of carbonyl (C=O) groups is 6. The summed E-state index contributed by atoms with van der Waals surface area (Å²) in [7, 11) is 2.71. The summed E-state index contributed by atoms with van der Waals surface area (Å²) in [6.45, 7) is 5.74. The van der Waals surface area contributed by atoms with Gasteiger partial charge in [0.2, 0.25) is 11.8 Å². The molecule has 3 aromatic rings. The summed E-state index contributed by atoms with van der Waals surface area (Å²) in [4.78, 5) is 83.2. The van der Waals surface area contributed by atoms with Crippen LogP contribution in [0.5, 0.6) is 5.75 Å². The van der Waals surface area contributed by atoms with Crippen LogP contribution in [0.15, 0.2) is 60.8 Å². The first-order chi connectivity index (χ1) is 24.8. The van der Waals surface area contributed by atoms with Crippen molar-refractivity contribution in [2.24, 2.45) is 0 Å². The number of nitrogens with zero attached hydrogens (tertiary/aromatic N) is 1. The number of thiazole rings is 1. The maximum atomic E-state index is 14.2. The van der Waals surface area contributed by atoms with Gasteiger partial charge in [-0.1, -0.05) is 55.5 Å². The molecule has 3 amide bonds. The molecular weight excluding hydrogens is 692 g/mol. The van der Waals surface area contributed by atoms with Gasteiger partial charge in [-0.15, -0.1) is 11.3 Å². The van der Waals surface area contributed by atoms with Gasteiger partial charge in [0.05, 0.1) is 30.5 Å². The van der Waals surface area contributed by atoms with Crippen LogP contribution in [0, 0.1) is 6.92 Å². The Labute approximate surface area is 307 Å². The minimum atomic E-state index is -1.64. The monoisotopic (exact) mass is 738 g/mol. The molecule has 15 heteroatoms. The number of ether oxygens (including phenoxy) is 4. The molecule has 0 unspecified atom stereocenters. The van der Waals surface area contributed by atoms with E-state index in [2.05, 4.69) is 20.9 Å². The molecule has 0 spiro atoms. The summed E-state index contributed by atoms with van der Waals surface area (Å²) in [5.74, 6) is -3.39. The van der Waals surface area contributed by atoms with Crippen molar-refractivity contribution in [2.45, 2.75) is 77.1 Å². The van der Waals surface area contributed by atoms with Crippen molar-refractivity contribution in [3.8, 4) is 5.75 Å². The van der Waals surface area contributed by atoms with E-state index in [4.69, 9.17) is 18.9 Å². The molecule has 0 fully saturated rings. The molecule has 0 saturated carbocycles. The van der Waals surface area contributed by atoms with Gasteiger partial charge < -0.3 is 34.9 Å². The summed E-state index contributed by atoms with van der Waals surface area (Å²) in [6, 6.07) is 12.1. The number of benzene rings is 2. The Balaban J connectivity index is 1.78. The van der Waals surface area contributed by atoms with Crippen LogP contribution in [0.25, 0.3) is 0 Å². The fraction of sp³-hybridized carbons (Fsp3) is 0.432. The SMILES string of the molecule is CC[C@@](C)(OC(=O)CCc1ccccc1OC(C)=O)C(=O)[C@H](Cc1ccccc1)NC(=O)[C@H](COC)NC(=O)[C@H](COC)NC(=O)c1cnc(C)s1. The first kappa shape index (κ1) is 41.4. The van der Waals surface area contributed by atoms with Crippen LogP contribution in [0.2, 0.25) is 0 Å². The van der Waals surface area contributed by atoms with Crippen molar-refractivity contribution < 1.29 is 47.7 Å². The van der Waals surface area contributed by atoms with Crippen LogP contribution in [-0.2, 0) is 51.0 Å². The van der Waals surface area contributed by atoms with Crippen LogP contribution in [0.3, 0.4) is 0 Å². The second-order valence-corrected chi connectivity index (χ2v) is 13.4.